The number of hydrogen-bond acceptors (Lipinski definition) is 2. The van der Waals surface area contributed by atoms with Crippen LogP contribution >= 0.6 is 15.9 Å². The number of esters is 1. The number of benzene rings is 2. The minimum absolute atomic E-state index is 0.134. The molecule has 2 aromatic carbocycles. The second-order valence-electron chi connectivity index (χ2n) is 5.59. The first kappa shape index (κ1) is 16.8. The number of carbonyl (C=O) groups excluding carboxylic acids is 1. The van der Waals surface area contributed by atoms with Crippen molar-refractivity contribution in [3.63, 3.8) is 0 Å². The van der Waals surface area contributed by atoms with Crippen LogP contribution in [-0.2, 0) is 16.1 Å². The Bertz CT molecular complexity index is 623. The van der Waals surface area contributed by atoms with Gasteiger partial charge in [-0.25, -0.2) is 0 Å². The van der Waals surface area contributed by atoms with E-state index in [2.05, 4.69) is 41.9 Å². The molecule has 0 amide bonds. The lowest BCUT2D eigenvalue weighted by atomic mass is 9.93. The summed E-state index contributed by atoms with van der Waals surface area (Å²) in [5.74, 6) is 0.211. The second-order valence-corrected chi connectivity index (χ2v) is 6.50. The highest BCUT2D eigenvalue weighted by atomic mass is 79.9. The topological polar surface area (TPSA) is 26.3 Å². The summed E-state index contributed by atoms with van der Waals surface area (Å²) in [5, 5.41) is 0. The maximum absolute atomic E-state index is 11.9. The smallest absolute Gasteiger partial charge is 0.306 e. The number of carbonyl (C=O) groups is 1. The molecule has 2 rings (SSSR count). The van der Waals surface area contributed by atoms with Gasteiger partial charge in [0.1, 0.15) is 6.61 Å². The predicted octanol–water partition coefficient (Wildman–Crippen LogP) is 5.38. The molecule has 0 aliphatic carbocycles. The van der Waals surface area contributed by atoms with E-state index in [1.54, 1.807) is 0 Å². The molecule has 0 N–H and O–H groups in total. The van der Waals surface area contributed by atoms with Gasteiger partial charge in [-0.1, -0.05) is 59.3 Å². The van der Waals surface area contributed by atoms with Crippen LogP contribution in [-0.4, -0.2) is 5.97 Å². The molecule has 0 aliphatic rings. The number of hydrogen-bond donors (Lipinski definition) is 0. The molecule has 1 atom stereocenters. The molecule has 0 heterocycles. The SMILES string of the molecule is Cc1cc(Br)ccc1[C@@H](C)CCC(=O)OCc1ccccc1. The molecule has 22 heavy (non-hydrogen) atoms. The molecule has 0 aromatic heterocycles. The van der Waals surface area contributed by atoms with Gasteiger partial charge < -0.3 is 4.74 Å². The van der Waals surface area contributed by atoms with E-state index in [-0.39, 0.29) is 5.97 Å². The Labute approximate surface area is 140 Å². The van der Waals surface area contributed by atoms with Gasteiger partial charge in [0.25, 0.3) is 0 Å². The van der Waals surface area contributed by atoms with Crippen LogP contribution in [0.25, 0.3) is 0 Å². The first-order valence-corrected chi connectivity index (χ1v) is 8.31. The van der Waals surface area contributed by atoms with Gasteiger partial charge in [-0.3, -0.25) is 4.79 Å². The fourth-order valence-electron chi connectivity index (χ4n) is 2.49. The predicted molar refractivity (Wildman–Crippen MR) is 92.8 cm³/mol. The quantitative estimate of drug-likeness (QED) is 0.646. The highest BCUT2D eigenvalue weighted by Gasteiger charge is 2.12. The Kier molecular flexibility index (Phi) is 6.20. The molecule has 2 nitrogen and oxygen atoms in total. The summed E-state index contributed by atoms with van der Waals surface area (Å²) in [6, 6.07) is 16.0. The van der Waals surface area contributed by atoms with Crippen LogP contribution in [0.1, 0.15) is 42.4 Å². The third kappa shape index (κ3) is 4.99. The molecule has 0 bridgehead atoms. The zero-order valence-electron chi connectivity index (χ0n) is 13.0. The lowest BCUT2D eigenvalue weighted by molar-refractivity contribution is -0.145. The molecule has 0 saturated carbocycles. The molecule has 2 aromatic rings. The Hall–Kier alpha value is -1.61. The zero-order chi connectivity index (χ0) is 15.9. The number of aryl methyl sites for hydroxylation is 1. The molecule has 3 heteroatoms. The highest BCUT2D eigenvalue weighted by Crippen LogP contribution is 2.26. The largest absolute Gasteiger partial charge is 0.461 e. The minimum Gasteiger partial charge on any atom is -0.461 e. The fourth-order valence-corrected chi connectivity index (χ4v) is 2.97. The average molecular weight is 361 g/mol. The Morgan fingerprint density at radius 1 is 1.18 bits per heavy atom. The van der Waals surface area contributed by atoms with Crippen molar-refractivity contribution in [2.24, 2.45) is 0 Å². The third-order valence-corrected chi connectivity index (χ3v) is 4.28. The summed E-state index contributed by atoms with van der Waals surface area (Å²) in [6.45, 7) is 4.61. The van der Waals surface area contributed by atoms with Gasteiger partial charge in [-0.05, 0) is 48.1 Å². The van der Waals surface area contributed by atoms with E-state index < -0.39 is 0 Å². The third-order valence-electron chi connectivity index (χ3n) is 3.79. The van der Waals surface area contributed by atoms with Gasteiger partial charge in [0.15, 0.2) is 0 Å². The standard InChI is InChI=1S/C19H21BrO2/c1-14(18-10-9-17(20)12-15(18)2)8-11-19(21)22-13-16-6-4-3-5-7-16/h3-7,9-10,12,14H,8,11,13H2,1-2H3/t14-/m0/s1. The van der Waals surface area contributed by atoms with E-state index in [0.29, 0.717) is 18.9 Å². The van der Waals surface area contributed by atoms with E-state index in [9.17, 15) is 4.79 Å². The number of rotatable bonds is 6. The summed E-state index contributed by atoms with van der Waals surface area (Å²) in [7, 11) is 0. The first-order chi connectivity index (χ1) is 10.6. The summed E-state index contributed by atoms with van der Waals surface area (Å²) < 4.78 is 6.40. The van der Waals surface area contributed by atoms with Crippen LogP contribution in [0.15, 0.2) is 53.0 Å². The zero-order valence-corrected chi connectivity index (χ0v) is 14.6. The van der Waals surface area contributed by atoms with Crippen LogP contribution < -0.4 is 0 Å². The first-order valence-electron chi connectivity index (χ1n) is 7.52. The van der Waals surface area contributed by atoms with Crippen molar-refractivity contribution >= 4 is 21.9 Å². The van der Waals surface area contributed by atoms with Crippen LogP contribution in [0.5, 0.6) is 0 Å². The highest BCUT2D eigenvalue weighted by molar-refractivity contribution is 9.10. The number of ether oxygens (including phenoxy) is 1. The van der Waals surface area contributed by atoms with Crippen molar-refractivity contribution < 1.29 is 9.53 Å². The maximum atomic E-state index is 11.9. The monoisotopic (exact) mass is 360 g/mol. The molecular weight excluding hydrogens is 340 g/mol. The summed E-state index contributed by atoms with van der Waals surface area (Å²) in [5.41, 5.74) is 3.56. The van der Waals surface area contributed by atoms with Gasteiger partial charge in [-0.15, -0.1) is 0 Å². The Morgan fingerprint density at radius 2 is 1.91 bits per heavy atom. The van der Waals surface area contributed by atoms with Gasteiger partial charge in [0.05, 0.1) is 0 Å². The van der Waals surface area contributed by atoms with E-state index in [1.165, 1.54) is 11.1 Å². The van der Waals surface area contributed by atoms with Gasteiger partial charge in [0, 0.05) is 10.9 Å². The van der Waals surface area contributed by atoms with E-state index in [0.717, 1.165) is 16.5 Å². The Morgan fingerprint density at radius 3 is 2.59 bits per heavy atom. The van der Waals surface area contributed by atoms with Crippen LogP contribution in [0.2, 0.25) is 0 Å². The van der Waals surface area contributed by atoms with Crippen molar-refractivity contribution in [3.05, 3.63) is 69.7 Å². The summed E-state index contributed by atoms with van der Waals surface area (Å²) in [6.07, 6.45) is 1.25. The molecule has 0 saturated heterocycles. The molecule has 0 radical (unpaired) electrons. The van der Waals surface area contributed by atoms with Crippen LogP contribution in [0.4, 0.5) is 0 Å². The lowest BCUT2D eigenvalue weighted by Gasteiger charge is -2.14. The van der Waals surface area contributed by atoms with Crippen molar-refractivity contribution in [1.29, 1.82) is 0 Å². The summed E-state index contributed by atoms with van der Waals surface area (Å²) >= 11 is 3.48. The minimum atomic E-state index is -0.134. The van der Waals surface area contributed by atoms with E-state index >= 15 is 0 Å². The molecule has 0 fully saturated rings. The average Bonchev–Trinajstić information content (AvgIpc) is 2.51. The maximum Gasteiger partial charge on any atom is 0.306 e. The van der Waals surface area contributed by atoms with Crippen LogP contribution in [0, 0.1) is 6.92 Å². The molecule has 0 unspecified atom stereocenters. The van der Waals surface area contributed by atoms with Crippen molar-refractivity contribution in [2.75, 3.05) is 0 Å². The van der Waals surface area contributed by atoms with E-state index in [1.807, 2.05) is 36.4 Å². The second kappa shape index (κ2) is 8.14. The van der Waals surface area contributed by atoms with Gasteiger partial charge in [-0.2, -0.15) is 0 Å². The molecule has 116 valence electrons. The summed E-state index contributed by atoms with van der Waals surface area (Å²) in [4.78, 5) is 11.9. The van der Waals surface area contributed by atoms with Gasteiger partial charge in [0.2, 0.25) is 0 Å². The van der Waals surface area contributed by atoms with Crippen molar-refractivity contribution in [3.8, 4) is 0 Å². The molecule has 0 aliphatic heterocycles. The Balaban J connectivity index is 1.80. The van der Waals surface area contributed by atoms with Crippen LogP contribution in [0.3, 0.4) is 0 Å². The van der Waals surface area contributed by atoms with Crippen molar-refractivity contribution in [2.45, 2.75) is 39.2 Å². The fraction of sp³-hybridized carbons (Fsp3) is 0.316. The number of halogens is 1. The van der Waals surface area contributed by atoms with Gasteiger partial charge >= 0.3 is 5.97 Å². The molecular formula is C19H21BrO2. The molecule has 0 spiro atoms. The normalized spacial score (nSPS) is 12.0. The van der Waals surface area contributed by atoms with Crippen molar-refractivity contribution in [1.82, 2.24) is 0 Å². The lowest BCUT2D eigenvalue weighted by Crippen LogP contribution is -2.07. The van der Waals surface area contributed by atoms with E-state index in [4.69, 9.17) is 4.74 Å².